The monoisotopic (exact) mass is 313 g/mol. The Labute approximate surface area is 136 Å². The van der Waals surface area contributed by atoms with Crippen LogP contribution in [0.1, 0.15) is 32.0 Å². The number of aryl methyl sites for hydroxylation is 1. The van der Waals surface area contributed by atoms with Crippen LogP contribution in [0.4, 0.5) is 5.95 Å². The molecule has 6 heteroatoms. The van der Waals surface area contributed by atoms with E-state index in [1.807, 2.05) is 25.4 Å². The Hall–Kier alpha value is -2.24. The molecule has 0 aromatic carbocycles. The highest BCUT2D eigenvalue weighted by atomic mass is 16.1. The summed E-state index contributed by atoms with van der Waals surface area (Å²) < 4.78 is 1.60. The van der Waals surface area contributed by atoms with Gasteiger partial charge in [0, 0.05) is 42.9 Å². The molecule has 0 spiro atoms. The average molecular weight is 313 g/mol. The van der Waals surface area contributed by atoms with Gasteiger partial charge in [0.1, 0.15) is 0 Å². The van der Waals surface area contributed by atoms with Crippen molar-refractivity contribution in [2.45, 2.75) is 39.7 Å². The van der Waals surface area contributed by atoms with Gasteiger partial charge in [0.2, 0.25) is 5.95 Å². The lowest BCUT2D eigenvalue weighted by Crippen LogP contribution is -2.50. The topological polar surface area (TPSA) is 63.9 Å². The highest BCUT2D eigenvalue weighted by molar-refractivity contribution is 5.33. The molecule has 3 heterocycles. The van der Waals surface area contributed by atoms with E-state index in [4.69, 9.17) is 0 Å². The lowest BCUT2D eigenvalue weighted by Gasteiger charge is -2.39. The van der Waals surface area contributed by atoms with Gasteiger partial charge in [0.15, 0.2) is 0 Å². The second kappa shape index (κ2) is 5.76. The molecular weight excluding hydrogens is 290 g/mol. The quantitative estimate of drug-likeness (QED) is 0.864. The zero-order valence-electron chi connectivity index (χ0n) is 14.2. The van der Waals surface area contributed by atoms with Gasteiger partial charge in [-0.2, -0.15) is 5.10 Å². The van der Waals surface area contributed by atoms with E-state index in [0.717, 1.165) is 30.3 Å². The molecule has 2 aromatic heterocycles. The maximum atomic E-state index is 12.0. The molecule has 0 N–H and O–H groups in total. The standard InChI is InChI=1S/C17H23N5O/c1-12-7-18-16(19-8-12)21-9-13(10-21)11-22-15(23)6-5-14(20-22)17(2,3)4/h5-8,13H,9-11H2,1-4H3. The minimum absolute atomic E-state index is 0.0389. The van der Waals surface area contributed by atoms with E-state index in [-0.39, 0.29) is 11.0 Å². The second-order valence-electron chi connectivity index (χ2n) is 7.32. The summed E-state index contributed by atoms with van der Waals surface area (Å²) in [5.74, 6) is 1.16. The molecule has 2 aromatic rings. The van der Waals surface area contributed by atoms with Gasteiger partial charge in [-0.1, -0.05) is 20.8 Å². The molecule has 122 valence electrons. The van der Waals surface area contributed by atoms with Gasteiger partial charge < -0.3 is 4.90 Å². The first-order chi connectivity index (χ1) is 10.8. The van der Waals surface area contributed by atoms with Crippen LogP contribution >= 0.6 is 0 Å². The molecule has 0 amide bonds. The largest absolute Gasteiger partial charge is 0.340 e. The van der Waals surface area contributed by atoms with E-state index < -0.39 is 0 Å². The SMILES string of the molecule is Cc1cnc(N2CC(Cn3nc(C(C)(C)C)ccc3=O)C2)nc1. The first-order valence-corrected chi connectivity index (χ1v) is 7.95. The van der Waals surface area contributed by atoms with Crippen LogP contribution in [0.15, 0.2) is 29.3 Å². The minimum Gasteiger partial charge on any atom is -0.340 e. The van der Waals surface area contributed by atoms with Crippen LogP contribution in [-0.4, -0.2) is 32.8 Å². The average Bonchev–Trinajstić information content (AvgIpc) is 2.44. The predicted molar refractivity (Wildman–Crippen MR) is 89.7 cm³/mol. The van der Waals surface area contributed by atoms with Gasteiger partial charge in [-0.15, -0.1) is 0 Å². The fourth-order valence-electron chi connectivity index (χ4n) is 2.62. The van der Waals surface area contributed by atoms with Crippen LogP contribution in [0.5, 0.6) is 0 Å². The van der Waals surface area contributed by atoms with Crippen LogP contribution in [0.25, 0.3) is 0 Å². The summed E-state index contributed by atoms with van der Waals surface area (Å²) >= 11 is 0. The number of hydrogen-bond acceptors (Lipinski definition) is 5. The Morgan fingerprint density at radius 2 is 1.83 bits per heavy atom. The maximum absolute atomic E-state index is 12.0. The molecule has 23 heavy (non-hydrogen) atoms. The highest BCUT2D eigenvalue weighted by Crippen LogP contribution is 2.22. The fraction of sp³-hybridized carbons (Fsp3) is 0.529. The van der Waals surface area contributed by atoms with Crippen molar-refractivity contribution >= 4 is 5.95 Å². The van der Waals surface area contributed by atoms with E-state index in [9.17, 15) is 4.79 Å². The van der Waals surface area contributed by atoms with E-state index >= 15 is 0 Å². The summed E-state index contributed by atoms with van der Waals surface area (Å²) in [6.07, 6.45) is 3.66. The van der Waals surface area contributed by atoms with Crippen molar-refractivity contribution in [2.24, 2.45) is 5.92 Å². The lowest BCUT2D eigenvalue weighted by molar-refractivity contribution is 0.326. The molecule has 6 nitrogen and oxygen atoms in total. The third-order valence-electron chi connectivity index (χ3n) is 4.07. The molecule has 0 atom stereocenters. The minimum atomic E-state index is -0.0587. The predicted octanol–water partition coefficient (Wildman–Crippen LogP) is 1.78. The fourth-order valence-corrected chi connectivity index (χ4v) is 2.62. The van der Waals surface area contributed by atoms with Crippen molar-refractivity contribution in [3.8, 4) is 0 Å². The van der Waals surface area contributed by atoms with Crippen molar-refractivity contribution in [2.75, 3.05) is 18.0 Å². The molecular formula is C17H23N5O. The summed E-state index contributed by atoms with van der Waals surface area (Å²) in [6.45, 7) is 10.6. The maximum Gasteiger partial charge on any atom is 0.266 e. The molecule has 3 rings (SSSR count). The Morgan fingerprint density at radius 3 is 2.43 bits per heavy atom. The molecule has 1 aliphatic rings. The molecule has 1 saturated heterocycles. The summed E-state index contributed by atoms with van der Waals surface area (Å²) in [6, 6.07) is 3.44. The first-order valence-electron chi connectivity index (χ1n) is 7.95. The van der Waals surface area contributed by atoms with Crippen LogP contribution in [0.3, 0.4) is 0 Å². The van der Waals surface area contributed by atoms with Crippen molar-refractivity contribution in [1.82, 2.24) is 19.7 Å². The smallest absolute Gasteiger partial charge is 0.266 e. The second-order valence-corrected chi connectivity index (χ2v) is 7.32. The number of hydrogen-bond donors (Lipinski definition) is 0. The van der Waals surface area contributed by atoms with Gasteiger partial charge in [-0.25, -0.2) is 14.6 Å². The molecule has 0 radical (unpaired) electrons. The molecule has 1 aliphatic heterocycles. The van der Waals surface area contributed by atoms with Gasteiger partial charge >= 0.3 is 0 Å². The summed E-state index contributed by atoms with van der Waals surface area (Å²) in [4.78, 5) is 22.8. The van der Waals surface area contributed by atoms with Crippen LogP contribution in [-0.2, 0) is 12.0 Å². The Bertz CT molecular complexity index is 739. The van der Waals surface area contributed by atoms with E-state index in [0.29, 0.717) is 12.5 Å². The summed E-state index contributed by atoms with van der Waals surface area (Å²) in [5, 5.41) is 4.53. The summed E-state index contributed by atoms with van der Waals surface area (Å²) in [7, 11) is 0. The first kappa shape index (κ1) is 15.6. The highest BCUT2D eigenvalue weighted by Gasteiger charge is 2.29. The third kappa shape index (κ3) is 3.41. The van der Waals surface area contributed by atoms with Gasteiger partial charge in [-0.05, 0) is 18.6 Å². The van der Waals surface area contributed by atoms with E-state index in [1.165, 1.54) is 0 Å². The van der Waals surface area contributed by atoms with Crippen molar-refractivity contribution in [3.63, 3.8) is 0 Å². The Kier molecular flexibility index (Phi) is 3.92. The molecule has 1 fully saturated rings. The van der Waals surface area contributed by atoms with Gasteiger partial charge in [0.05, 0.1) is 12.2 Å². The molecule has 0 aliphatic carbocycles. The number of anilines is 1. The number of aromatic nitrogens is 4. The Balaban J connectivity index is 1.66. The zero-order valence-corrected chi connectivity index (χ0v) is 14.2. The molecule has 0 bridgehead atoms. The van der Waals surface area contributed by atoms with Crippen molar-refractivity contribution in [3.05, 3.63) is 46.1 Å². The number of nitrogens with zero attached hydrogens (tertiary/aromatic N) is 5. The van der Waals surface area contributed by atoms with E-state index in [1.54, 1.807) is 10.7 Å². The Morgan fingerprint density at radius 1 is 1.17 bits per heavy atom. The lowest BCUT2D eigenvalue weighted by atomic mass is 9.92. The van der Waals surface area contributed by atoms with Gasteiger partial charge in [-0.3, -0.25) is 4.79 Å². The van der Waals surface area contributed by atoms with Gasteiger partial charge in [0.25, 0.3) is 5.56 Å². The third-order valence-corrected chi connectivity index (χ3v) is 4.07. The van der Waals surface area contributed by atoms with Crippen LogP contribution < -0.4 is 10.5 Å². The number of rotatable bonds is 3. The molecule has 0 unspecified atom stereocenters. The van der Waals surface area contributed by atoms with Crippen molar-refractivity contribution in [1.29, 1.82) is 0 Å². The summed E-state index contributed by atoms with van der Waals surface area (Å²) in [5.41, 5.74) is 1.90. The zero-order chi connectivity index (χ0) is 16.6. The normalized spacial score (nSPS) is 15.6. The molecule has 0 saturated carbocycles. The van der Waals surface area contributed by atoms with Crippen LogP contribution in [0, 0.1) is 12.8 Å². The van der Waals surface area contributed by atoms with Crippen LogP contribution in [0.2, 0.25) is 0 Å². The van der Waals surface area contributed by atoms with Crippen molar-refractivity contribution < 1.29 is 0 Å². The van der Waals surface area contributed by atoms with E-state index in [2.05, 4.69) is 40.7 Å².